The Morgan fingerprint density at radius 3 is 2.42 bits per heavy atom. The van der Waals surface area contributed by atoms with Gasteiger partial charge in [-0.25, -0.2) is 5.43 Å². The molecule has 0 saturated carbocycles. The van der Waals surface area contributed by atoms with Crippen LogP contribution >= 0.6 is 34.8 Å². The van der Waals surface area contributed by atoms with Crippen molar-refractivity contribution < 1.29 is 0 Å². The van der Waals surface area contributed by atoms with Gasteiger partial charge in [-0.15, -0.1) is 0 Å². The molecular formula is C14H13Cl3N2. The van der Waals surface area contributed by atoms with Crippen LogP contribution in [0.2, 0.25) is 15.1 Å². The fourth-order valence-corrected chi connectivity index (χ4v) is 2.49. The molecule has 2 aromatic rings. The summed E-state index contributed by atoms with van der Waals surface area (Å²) in [4.78, 5) is 0. The lowest BCUT2D eigenvalue weighted by Gasteiger charge is -2.19. The molecule has 5 heteroatoms. The topological polar surface area (TPSA) is 38.0 Å². The molecule has 2 nitrogen and oxygen atoms in total. The third-order valence-corrected chi connectivity index (χ3v) is 4.23. The predicted molar refractivity (Wildman–Crippen MR) is 81.8 cm³/mol. The van der Waals surface area contributed by atoms with Crippen molar-refractivity contribution in [2.24, 2.45) is 5.84 Å². The van der Waals surface area contributed by atoms with E-state index in [4.69, 9.17) is 40.6 Å². The van der Waals surface area contributed by atoms with E-state index in [1.807, 2.05) is 37.3 Å². The molecule has 0 aromatic heterocycles. The average Bonchev–Trinajstić information content (AvgIpc) is 2.39. The Hall–Kier alpha value is -0.770. The van der Waals surface area contributed by atoms with Gasteiger partial charge in [0.1, 0.15) is 0 Å². The fourth-order valence-electron chi connectivity index (χ4n) is 1.96. The Bertz CT molecular complexity index is 599. The Labute approximate surface area is 127 Å². The first kappa shape index (κ1) is 14.6. The summed E-state index contributed by atoms with van der Waals surface area (Å²) in [5.41, 5.74) is 5.56. The molecule has 2 aromatic carbocycles. The highest BCUT2D eigenvalue weighted by Crippen LogP contribution is 2.33. The van der Waals surface area contributed by atoms with Crippen LogP contribution < -0.4 is 11.3 Å². The molecule has 0 saturated heterocycles. The monoisotopic (exact) mass is 314 g/mol. The third-order valence-electron chi connectivity index (χ3n) is 2.97. The molecule has 0 aliphatic heterocycles. The molecule has 0 radical (unpaired) electrons. The molecule has 2 rings (SSSR count). The van der Waals surface area contributed by atoms with Gasteiger partial charge in [0.25, 0.3) is 0 Å². The lowest BCUT2D eigenvalue weighted by Crippen LogP contribution is -2.29. The van der Waals surface area contributed by atoms with E-state index in [0.717, 1.165) is 21.7 Å². The lowest BCUT2D eigenvalue weighted by atomic mass is 9.98. The summed E-state index contributed by atoms with van der Waals surface area (Å²) in [5.74, 6) is 5.66. The number of nitrogens with one attached hydrogen (secondary N) is 1. The second-order valence-corrected chi connectivity index (χ2v) is 5.44. The summed E-state index contributed by atoms with van der Waals surface area (Å²) in [6.07, 6.45) is 0. The van der Waals surface area contributed by atoms with Gasteiger partial charge in [-0.1, -0.05) is 59.1 Å². The Morgan fingerprint density at radius 1 is 1.05 bits per heavy atom. The maximum absolute atomic E-state index is 6.23. The summed E-state index contributed by atoms with van der Waals surface area (Å²) in [5, 5.41) is 1.72. The van der Waals surface area contributed by atoms with Crippen molar-refractivity contribution in [2.75, 3.05) is 0 Å². The van der Waals surface area contributed by atoms with Gasteiger partial charge in [-0.3, -0.25) is 5.84 Å². The van der Waals surface area contributed by atoms with Crippen LogP contribution in [0.4, 0.5) is 0 Å². The smallest absolute Gasteiger partial charge is 0.0725 e. The van der Waals surface area contributed by atoms with Crippen LogP contribution in [-0.4, -0.2) is 0 Å². The molecule has 0 fully saturated rings. The van der Waals surface area contributed by atoms with Crippen molar-refractivity contribution in [3.63, 3.8) is 0 Å². The number of hydrogen-bond donors (Lipinski definition) is 2. The zero-order valence-corrected chi connectivity index (χ0v) is 12.5. The first-order valence-electron chi connectivity index (χ1n) is 5.70. The van der Waals surface area contributed by atoms with Crippen LogP contribution in [0.3, 0.4) is 0 Å². The van der Waals surface area contributed by atoms with E-state index >= 15 is 0 Å². The van der Waals surface area contributed by atoms with E-state index in [1.165, 1.54) is 0 Å². The zero-order chi connectivity index (χ0) is 14.0. The van der Waals surface area contributed by atoms with Crippen molar-refractivity contribution >= 4 is 34.8 Å². The molecule has 3 N–H and O–H groups in total. The second-order valence-electron chi connectivity index (χ2n) is 4.25. The Morgan fingerprint density at radius 2 is 1.79 bits per heavy atom. The number of nitrogens with two attached hydrogens (primary N) is 1. The maximum atomic E-state index is 6.23. The minimum Gasteiger partial charge on any atom is -0.271 e. The normalized spacial score (nSPS) is 12.5. The quantitative estimate of drug-likeness (QED) is 0.646. The summed E-state index contributed by atoms with van der Waals surface area (Å²) in [7, 11) is 0. The number of hydrogen-bond acceptors (Lipinski definition) is 2. The van der Waals surface area contributed by atoms with E-state index in [2.05, 4.69) is 5.43 Å². The molecular weight excluding hydrogens is 303 g/mol. The molecule has 1 unspecified atom stereocenters. The minimum absolute atomic E-state index is 0.234. The summed E-state index contributed by atoms with van der Waals surface area (Å²) in [6, 6.07) is 11.0. The number of rotatable bonds is 3. The summed E-state index contributed by atoms with van der Waals surface area (Å²) < 4.78 is 0. The highest BCUT2D eigenvalue weighted by Gasteiger charge is 2.17. The molecule has 1 atom stereocenters. The summed E-state index contributed by atoms with van der Waals surface area (Å²) >= 11 is 18.3. The van der Waals surface area contributed by atoms with Gasteiger partial charge in [-0.2, -0.15) is 0 Å². The Kier molecular flexibility index (Phi) is 4.71. The average molecular weight is 316 g/mol. The van der Waals surface area contributed by atoms with Gasteiger partial charge in [0.2, 0.25) is 0 Å². The van der Waals surface area contributed by atoms with E-state index in [0.29, 0.717) is 10.0 Å². The van der Waals surface area contributed by atoms with Crippen LogP contribution in [0, 0.1) is 6.92 Å². The van der Waals surface area contributed by atoms with Crippen molar-refractivity contribution in [1.82, 2.24) is 5.43 Å². The van der Waals surface area contributed by atoms with Crippen molar-refractivity contribution in [3.05, 3.63) is 68.2 Å². The minimum atomic E-state index is -0.234. The van der Waals surface area contributed by atoms with Crippen molar-refractivity contribution in [1.29, 1.82) is 0 Å². The van der Waals surface area contributed by atoms with Crippen LogP contribution in [0.1, 0.15) is 22.7 Å². The first-order valence-corrected chi connectivity index (χ1v) is 6.84. The van der Waals surface area contributed by atoms with Crippen LogP contribution in [-0.2, 0) is 0 Å². The van der Waals surface area contributed by atoms with E-state index < -0.39 is 0 Å². The molecule has 19 heavy (non-hydrogen) atoms. The van der Waals surface area contributed by atoms with Gasteiger partial charge in [0.05, 0.1) is 16.1 Å². The van der Waals surface area contributed by atoms with Gasteiger partial charge >= 0.3 is 0 Å². The predicted octanol–water partition coefficient (Wildman–Crippen LogP) is 4.51. The number of benzene rings is 2. The number of hydrazine groups is 1. The summed E-state index contributed by atoms with van der Waals surface area (Å²) in [6.45, 7) is 1.94. The van der Waals surface area contributed by atoms with Gasteiger partial charge in [0, 0.05) is 5.02 Å². The zero-order valence-electron chi connectivity index (χ0n) is 10.3. The van der Waals surface area contributed by atoms with Crippen molar-refractivity contribution in [2.45, 2.75) is 13.0 Å². The van der Waals surface area contributed by atoms with Crippen LogP contribution in [0.15, 0.2) is 36.4 Å². The molecule has 0 heterocycles. The fraction of sp³-hybridized carbons (Fsp3) is 0.143. The Balaban J connectivity index is 2.50. The van der Waals surface area contributed by atoms with Crippen LogP contribution in [0.5, 0.6) is 0 Å². The van der Waals surface area contributed by atoms with Crippen molar-refractivity contribution in [3.8, 4) is 0 Å². The maximum Gasteiger partial charge on any atom is 0.0725 e. The van der Waals surface area contributed by atoms with E-state index in [9.17, 15) is 0 Å². The first-order chi connectivity index (χ1) is 9.04. The number of aryl methyl sites for hydroxylation is 1. The molecule has 0 bridgehead atoms. The van der Waals surface area contributed by atoms with E-state index in [-0.39, 0.29) is 6.04 Å². The molecule has 0 aliphatic rings. The van der Waals surface area contributed by atoms with Gasteiger partial charge in [0.15, 0.2) is 0 Å². The largest absolute Gasteiger partial charge is 0.271 e. The highest BCUT2D eigenvalue weighted by molar-refractivity contribution is 6.42. The van der Waals surface area contributed by atoms with Crippen LogP contribution in [0.25, 0.3) is 0 Å². The number of halogens is 3. The molecule has 0 amide bonds. The molecule has 0 aliphatic carbocycles. The highest BCUT2D eigenvalue weighted by atomic mass is 35.5. The van der Waals surface area contributed by atoms with E-state index in [1.54, 1.807) is 6.07 Å². The third kappa shape index (κ3) is 3.04. The molecule has 100 valence electrons. The molecule has 0 spiro atoms. The van der Waals surface area contributed by atoms with Gasteiger partial charge in [-0.05, 0) is 35.7 Å². The SMILES string of the molecule is Cc1cc(C(NN)c2cccc(Cl)c2Cl)ccc1Cl. The lowest BCUT2D eigenvalue weighted by molar-refractivity contribution is 0.637. The van der Waals surface area contributed by atoms with Gasteiger partial charge < -0.3 is 0 Å². The second kappa shape index (κ2) is 6.12. The standard InChI is InChI=1S/C14H13Cl3N2/c1-8-7-9(5-6-11(8)15)14(19-18)10-3-2-4-12(16)13(10)17/h2-7,14,19H,18H2,1H3.